The molecule has 0 heterocycles. The number of hydrogen-bond acceptors (Lipinski definition) is 3. The van der Waals surface area contributed by atoms with Gasteiger partial charge in [0.05, 0.1) is 19.3 Å². The van der Waals surface area contributed by atoms with Gasteiger partial charge in [-0.15, -0.1) is 0 Å². The summed E-state index contributed by atoms with van der Waals surface area (Å²) in [4.78, 5) is 0. The SMILES string of the molecule is COc1cc([C](C)CO)ccc1C#N. The quantitative estimate of drug-likeness (QED) is 0.785. The fourth-order valence-corrected chi connectivity index (χ4v) is 1.14. The second-order valence-corrected chi connectivity index (χ2v) is 2.97. The molecule has 0 atom stereocenters. The summed E-state index contributed by atoms with van der Waals surface area (Å²) in [6.45, 7) is 1.84. The van der Waals surface area contributed by atoms with E-state index in [9.17, 15) is 0 Å². The largest absolute Gasteiger partial charge is 0.495 e. The van der Waals surface area contributed by atoms with Crippen LogP contribution < -0.4 is 4.74 Å². The van der Waals surface area contributed by atoms with E-state index in [-0.39, 0.29) is 6.61 Å². The number of methoxy groups -OCH3 is 1. The normalized spacial score (nSPS) is 9.93. The predicted octanol–water partition coefficient (Wildman–Crippen LogP) is 1.50. The van der Waals surface area contributed by atoms with Gasteiger partial charge in [-0.05, 0) is 17.7 Å². The molecule has 0 aliphatic rings. The highest BCUT2D eigenvalue weighted by molar-refractivity contribution is 5.48. The van der Waals surface area contributed by atoms with Gasteiger partial charge in [-0.25, -0.2) is 0 Å². The lowest BCUT2D eigenvalue weighted by molar-refractivity contribution is 0.314. The summed E-state index contributed by atoms with van der Waals surface area (Å²) in [5.74, 6) is 1.39. The number of aliphatic hydroxyl groups is 1. The summed E-state index contributed by atoms with van der Waals surface area (Å²) in [5.41, 5.74) is 1.39. The lowest BCUT2D eigenvalue weighted by Gasteiger charge is -2.10. The molecule has 0 amide bonds. The van der Waals surface area contributed by atoms with E-state index in [4.69, 9.17) is 15.1 Å². The molecule has 1 aromatic carbocycles. The van der Waals surface area contributed by atoms with Crippen LogP contribution in [0.2, 0.25) is 0 Å². The number of nitrogens with zero attached hydrogens (tertiary/aromatic N) is 1. The van der Waals surface area contributed by atoms with E-state index in [1.807, 2.05) is 13.0 Å². The summed E-state index contributed by atoms with van der Waals surface area (Å²) < 4.78 is 5.05. The molecule has 1 radical (unpaired) electrons. The summed E-state index contributed by atoms with van der Waals surface area (Å²) >= 11 is 0. The molecule has 0 aliphatic heterocycles. The number of hydrogen-bond donors (Lipinski definition) is 1. The van der Waals surface area contributed by atoms with E-state index in [0.29, 0.717) is 11.3 Å². The average molecular weight is 190 g/mol. The molecular formula is C11H12NO2. The predicted molar refractivity (Wildman–Crippen MR) is 52.8 cm³/mol. The van der Waals surface area contributed by atoms with Gasteiger partial charge >= 0.3 is 0 Å². The first-order chi connectivity index (χ1) is 6.72. The molecule has 73 valence electrons. The van der Waals surface area contributed by atoms with E-state index >= 15 is 0 Å². The zero-order chi connectivity index (χ0) is 10.6. The lowest BCUT2D eigenvalue weighted by Crippen LogP contribution is -2.00. The molecule has 0 unspecified atom stereocenters. The lowest BCUT2D eigenvalue weighted by atomic mass is 10.0. The van der Waals surface area contributed by atoms with Crippen molar-refractivity contribution in [3.8, 4) is 11.8 Å². The Morgan fingerprint density at radius 3 is 2.79 bits per heavy atom. The van der Waals surface area contributed by atoms with Crippen LogP contribution in [0.15, 0.2) is 18.2 Å². The van der Waals surface area contributed by atoms with E-state index in [0.717, 1.165) is 11.5 Å². The molecular weight excluding hydrogens is 178 g/mol. The van der Waals surface area contributed by atoms with Gasteiger partial charge < -0.3 is 9.84 Å². The molecule has 0 aliphatic carbocycles. The molecule has 0 bridgehead atoms. The second kappa shape index (κ2) is 4.64. The minimum atomic E-state index is 0.00898. The van der Waals surface area contributed by atoms with Gasteiger partial charge in [0.1, 0.15) is 11.8 Å². The van der Waals surface area contributed by atoms with Gasteiger partial charge in [0.2, 0.25) is 0 Å². The van der Waals surface area contributed by atoms with Crippen LogP contribution in [-0.4, -0.2) is 18.8 Å². The molecule has 0 saturated carbocycles. The third-order valence-corrected chi connectivity index (χ3v) is 2.05. The van der Waals surface area contributed by atoms with Crippen molar-refractivity contribution in [3.05, 3.63) is 35.2 Å². The Labute approximate surface area is 83.6 Å². The first-order valence-electron chi connectivity index (χ1n) is 4.24. The van der Waals surface area contributed by atoms with Crippen LogP contribution in [0, 0.1) is 17.2 Å². The summed E-state index contributed by atoms with van der Waals surface area (Å²) in [6, 6.07) is 7.27. The van der Waals surface area contributed by atoms with E-state index in [1.54, 1.807) is 18.2 Å². The summed E-state index contributed by atoms with van der Waals surface area (Å²) in [5, 5.41) is 17.7. The number of ether oxygens (including phenoxy) is 1. The van der Waals surface area contributed by atoms with E-state index < -0.39 is 0 Å². The summed E-state index contributed by atoms with van der Waals surface area (Å²) in [6.07, 6.45) is 0. The van der Waals surface area contributed by atoms with Crippen molar-refractivity contribution in [3.63, 3.8) is 0 Å². The number of rotatable bonds is 3. The number of nitriles is 1. The van der Waals surface area contributed by atoms with Gasteiger partial charge in [-0.3, -0.25) is 0 Å². The number of aliphatic hydroxyl groups excluding tert-OH is 1. The Balaban J connectivity index is 3.09. The van der Waals surface area contributed by atoms with Crippen LogP contribution in [0.25, 0.3) is 0 Å². The van der Waals surface area contributed by atoms with Crippen LogP contribution >= 0.6 is 0 Å². The molecule has 0 spiro atoms. The van der Waals surface area contributed by atoms with Gasteiger partial charge in [0.15, 0.2) is 0 Å². The minimum Gasteiger partial charge on any atom is -0.495 e. The molecule has 1 N–H and O–H groups in total. The standard InChI is InChI=1S/C11H12NO2/c1-8(7-13)9-3-4-10(6-12)11(5-9)14-2/h3-5,13H,7H2,1-2H3. The maximum atomic E-state index is 8.94. The highest BCUT2D eigenvalue weighted by Crippen LogP contribution is 2.23. The highest BCUT2D eigenvalue weighted by Gasteiger charge is 2.08. The van der Waals surface area contributed by atoms with E-state index in [2.05, 4.69) is 0 Å². The van der Waals surface area contributed by atoms with Gasteiger partial charge in [0, 0.05) is 5.92 Å². The smallest absolute Gasteiger partial charge is 0.136 e. The molecule has 0 saturated heterocycles. The minimum absolute atomic E-state index is 0.00898. The van der Waals surface area contributed by atoms with Crippen LogP contribution in [0.1, 0.15) is 18.1 Å². The fourth-order valence-electron chi connectivity index (χ4n) is 1.14. The van der Waals surface area contributed by atoms with Gasteiger partial charge in [-0.2, -0.15) is 5.26 Å². The monoisotopic (exact) mass is 190 g/mol. The Bertz CT molecular complexity index is 355. The Hall–Kier alpha value is -1.53. The second-order valence-electron chi connectivity index (χ2n) is 2.97. The topological polar surface area (TPSA) is 53.2 Å². The molecule has 3 nitrogen and oxygen atoms in total. The first kappa shape index (κ1) is 10.6. The van der Waals surface area contributed by atoms with Crippen molar-refractivity contribution in [2.24, 2.45) is 0 Å². The number of benzene rings is 1. The zero-order valence-electron chi connectivity index (χ0n) is 8.24. The Kier molecular flexibility index (Phi) is 3.49. The van der Waals surface area contributed by atoms with Crippen LogP contribution in [0.5, 0.6) is 5.75 Å². The van der Waals surface area contributed by atoms with Crippen LogP contribution in [0.4, 0.5) is 0 Å². The van der Waals surface area contributed by atoms with Gasteiger partial charge in [0.25, 0.3) is 0 Å². The van der Waals surface area contributed by atoms with Crippen LogP contribution in [0.3, 0.4) is 0 Å². The highest BCUT2D eigenvalue weighted by atomic mass is 16.5. The third-order valence-electron chi connectivity index (χ3n) is 2.05. The Morgan fingerprint density at radius 1 is 1.57 bits per heavy atom. The van der Waals surface area contributed by atoms with Gasteiger partial charge in [-0.1, -0.05) is 13.0 Å². The maximum absolute atomic E-state index is 8.94. The molecule has 14 heavy (non-hydrogen) atoms. The van der Waals surface area contributed by atoms with Crippen LogP contribution in [-0.2, 0) is 0 Å². The molecule has 0 fully saturated rings. The molecule has 0 aromatic heterocycles. The Morgan fingerprint density at radius 2 is 2.29 bits per heavy atom. The molecule has 1 aromatic rings. The average Bonchev–Trinajstić information content (AvgIpc) is 2.26. The zero-order valence-corrected chi connectivity index (χ0v) is 8.24. The van der Waals surface area contributed by atoms with Crippen molar-refractivity contribution in [1.82, 2.24) is 0 Å². The van der Waals surface area contributed by atoms with Crippen molar-refractivity contribution in [2.45, 2.75) is 6.92 Å². The van der Waals surface area contributed by atoms with Crippen molar-refractivity contribution < 1.29 is 9.84 Å². The first-order valence-corrected chi connectivity index (χ1v) is 4.24. The molecule has 3 heteroatoms. The maximum Gasteiger partial charge on any atom is 0.136 e. The fraction of sp³-hybridized carbons (Fsp3) is 0.273. The van der Waals surface area contributed by atoms with Crippen molar-refractivity contribution in [1.29, 1.82) is 5.26 Å². The third kappa shape index (κ3) is 2.04. The summed E-state index contributed by atoms with van der Waals surface area (Å²) in [7, 11) is 1.52. The van der Waals surface area contributed by atoms with Crippen molar-refractivity contribution in [2.75, 3.05) is 13.7 Å². The van der Waals surface area contributed by atoms with Crippen molar-refractivity contribution >= 4 is 0 Å². The van der Waals surface area contributed by atoms with E-state index in [1.165, 1.54) is 7.11 Å². The molecule has 1 rings (SSSR count).